The zero-order valence-electron chi connectivity index (χ0n) is 17.3. The van der Waals surface area contributed by atoms with Crippen molar-refractivity contribution in [2.45, 2.75) is 63.3 Å². The highest BCUT2D eigenvalue weighted by molar-refractivity contribution is 7.84. The molecule has 2 aromatic rings. The van der Waals surface area contributed by atoms with Gasteiger partial charge in [-0.3, -0.25) is 4.98 Å². The summed E-state index contributed by atoms with van der Waals surface area (Å²) in [6.45, 7) is 10.9. The molecule has 0 aliphatic carbocycles. The van der Waals surface area contributed by atoms with Crippen molar-refractivity contribution in [1.29, 1.82) is 0 Å². The van der Waals surface area contributed by atoms with Gasteiger partial charge in [0.05, 0.1) is 28.1 Å². The summed E-state index contributed by atoms with van der Waals surface area (Å²) in [5.41, 5.74) is 5.68. The maximum absolute atomic E-state index is 13.7. The number of nitrogens with one attached hydrogen (secondary N) is 1. The zero-order valence-corrected chi connectivity index (χ0v) is 18.9. The van der Waals surface area contributed by atoms with E-state index in [0.717, 1.165) is 11.3 Å². The molecular weight excluding hydrogens is 417 g/mol. The predicted octanol–water partition coefficient (Wildman–Crippen LogP) is 3.31. The number of nitrogens with zero attached hydrogens (tertiary/aromatic N) is 2. The summed E-state index contributed by atoms with van der Waals surface area (Å²) in [4.78, 5) is 19.5. The number of thiazole rings is 1. The third-order valence-corrected chi connectivity index (χ3v) is 6.03. The van der Waals surface area contributed by atoms with E-state index in [2.05, 4.69) is 15.3 Å². The molecule has 162 valence electrons. The van der Waals surface area contributed by atoms with E-state index in [4.69, 9.17) is 10.9 Å². The van der Waals surface area contributed by atoms with Crippen LogP contribution in [0.4, 0.5) is 14.9 Å². The van der Waals surface area contributed by atoms with Gasteiger partial charge < -0.3 is 16.2 Å². The minimum atomic E-state index is -1.55. The lowest BCUT2D eigenvalue weighted by molar-refractivity contribution is 0.0823. The number of urea groups is 1. The Balaban J connectivity index is 0.000000308. The normalized spacial score (nSPS) is 12.5. The summed E-state index contributed by atoms with van der Waals surface area (Å²) in [7, 11) is -1.55. The molecule has 2 rings (SSSR count). The van der Waals surface area contributed by atoms with E-state index >= 15 is 0 Å². The number of nitrogens with two attached hydrogens (primary N) is 2. The van der Waals surface area contributed by atoms with Crippen molar-refractivity contribution < 1.29 is 18.5 Å². The van der Waals surface area contributed by atoms with Gasteiger partial charge in [0.25, 0.3) is 0 Å². The van der Waals surface area contributed by atoms with Crippen LogP contribution in [0.5, 0.6) is 0 Å². The number of rotatable bonds is 5. The minimum absolute atomic E-state index is 0.0580. The number of hydrogen-bond donors (Lipinski definition) is 4. The second-order valence-corrected chi connectivity index (χ2v) is 9.70. The van der Waals surface area contributed by atoms with Gasteiger partial charge in [-0.2, -0.15) is 0 Å². The lowest BCUT2D eigenvalue weighted by Crippen LogP contribution is -2.22. The first-order valence-corrected chi connectivity index (χ1v) is 10.9. The zero-order chi connectivity index (χ0) is 22.5. The van der Waals surface area contributed by atoms with Crippen molar-refractivity contribution in [3.05, 3.63) is 34.3 Å². The van der Waals surface area contributed by atoms with Crippen LogP contribution in [0.25, 0.3) is 0 Å². The molecule has 11 heteroatoms. The van der Waals surface area contributed by atoms with Crippen LogP contribution in [0.2, 0.25) is 0 Å². The molecule has 0 saturated carbocycles. The summed E-state index contributed by atoms with van der Waals surface area (Å²) in [6, 6.07) is -0.707. The number of carbonyl (C=O) groups excluding carboxylic acids is 1. The number of aromatic nitrogens is 2. The van der Waals surface area contributed by atoms with E-state index in [1.165, 1.54) is 12.4 Å². The van der Waals surface area contributed by atoms with Gasteiger partial charge in [0, 0.05) is 11.8 Å². The van der Waals surface area contributed by atoms with Gasteiger partial charge >= 0.3 is 6.03 Å². The topological polar surface area (TPSA) is 144 Å². The van der Waals surface area contributed by atoms with Crippen LogP contribution in [0.1, 0.15) is 69.5 Å². The van der Waals surface area contributed by atoms with E-state index in [1.807, 2.05) is 27.7 Å². The number of primary amides is 1. The molecule has 0 aliphatic rings. The van der Waals surface area contributed by atoms with Gasteiger partial charge in [-0.15, -0.1) is 11.3 Å². The minimum Gasteiger partial charge on any atom is -0.385 e. The van der Waals surface area contributed by atoms with Crippen molar-refractivity contribution >= 4 is 34.0 Å². The van der Waals surface area contributed by atoms with Gasteiger partial charge in [0.15, 0.2) is 15.3 Å². The third-order valence-electron chi connectivity index (χ3n) is 3.73. The molecule has 2 aromatic heterocycles. The maximum Gasteiger partial charge on any atom is 0.316 e. The molecule has 0 fully saturated rings. The van der Waals surface area contributed by atoms with Crippen molar-refractivity contribution in [2.24, 2.45) is 10.9 Å². The van der Waals surface area contributed by atoms with Crippen LogP contribution >= 0.6 is 11.3 Å². The highest BCUT2D eigenvalue weighted by atomic mass is 32.2. The van der Waals surface area contributed by atoms with Crippen molar-refractivity contribution in [3.63, 3.8) is 0 Å². The highest BCUT2D eigenvalue weighted by Gasteiger charge is 2.21. The smallest absolute Gasteiger partial charge is 0.316 e. The Kier molecular flexibility index (Phi) is 8.82. The van der Waals surface area contributed by atoms with Gasteiger partial charge in [-0.25, -0.2) is 23.5 Å². The van der Waals surface area contributed by atoms with E-state index in [0.29, 0.717) is 26.2 Å². The molecule has 8 nitrogen and oxygen atoms in total. The first-order chi connectivity index (χ1) is 13.3. The summed E-state index contributed by atoms with van der Waals surface area (Å²) in [5.74, 6) is -0.402. The Morgan fingerprint density at radius 3 is 2.17 bits per heavy atom. The molecule has 0 spiro atoms. The summed E-state index contributed by atoms with van der Waals surface area (Å²) < 4.78 is 24.8. The largest absolute Gasteiger partial charge is 0.385 e. The number of carbonyl (C=O) groups is 1. The average molecular weight is 446 g/mol. The Labute approximate surface area is 176 Å². The summed E-state index contributed by atoms with van der Waals surface area (Å²) >= 11 is 1.16. The predicted molar refractivity (Wildman–Crippen MR) is 114 cm³/mol. The molecule has 0 aliphatic heterocycles. The van der Waals surface area contributed by atoms with E-state index in [1.54, 1.807) is 13.8 Å². The second kappa shape index (κ2) is 10.2. The van der Waals surface area contributed by atoms with Crippen LogP contribution in [0.15, 0.2) is 16.7 Å². The first-order valence-electron chi connectivity index (χ1n) is 8.85. The van der Waals surface area contributed by atoms with Crippen LogP contribution in [-0.2, 0) is 16.6 Å². The Morgan fingerprint density at radius 1 is 1.24 bits per heavy atom. The monoisotopic (exact) mass is 445 g/mol. The number of hydrogen-bond acceptors (Lipinski definition) is 6. The van der Waals surface area contributed by atoms with Gasteiger partial charge in [0.2, 0.25) is 0 Å². The standard InChI is InChI=1S/C12H18FN3O.C6H10N2O2S2/c1-6(2)9-8(13)5-15-10(7(3)4)11(9)16-12(14)17;1-6(2,9)4-3-8-5(11-4)12(7)10/h5-7H,1-4H3,(H3,14,16,17);3,9H,7H2,1-2H3. The molecule has 2 amide bonds. The Hall–Kier alpha value is -1.95. The highest BCUT2D eigenvalue weighted by Crippen LogP contribution is 2.32. The SMILES string of the molecule is CC(C)(O)c1cnc(S(N)=O)s1.CC(C)c1ncc(F)c(C(C)C)c1NC(N)=O. The molecule has 1 unspecified atom stereocenters. The Morgan fingerprint density at radius 2 is 1.83 bits per heavy atom. The molecular formula is C18H28FN5O3S2. The molecule has 0 bridgehead atoms. The van der Waals surface area contributed by atoms with Crippen LogP contribution in [0.3, 0.4) is 0 Å². The number of anilines is 1. The van der Waals surface area contributed by atoms with Crippen molar-refractivity contribution in [1.82, 2.24) is 9.97 Å². The quantitative estimate of drug-likeness (QED) is 0.558. The van der Waals surface area contributed by atoms with E-state index in [9.17, 15) is 18.5 Å². The maximum atomic E-state index is 13.7. The average Bonchev–Trinajstić information content (AvgIpc) is 3.04. The van der Waals surface area contributed by atoms with E-state index < -0.39 is 28.4 Å². The van der Waals surface area contributed by atoms with Gasteiger partial charge in [-0.1, -0.05) is 27.7 Å². The second-order valence-electron chi connectivity index (χ2n) is 7.43. The molecule has 29 heavy (non-hydrogen) atoms. The number of amides is 2. The fraction of sp³-hybridized carbons (Fsp3) is 0.500. The molecule has 6 N–H and O–H groups in total. The summed E-state index contributed by atoms with van der Waals surface area (Å²) in [5, 5.41) is 17.1. The number of halogens is 1. The molecule has 0 aromatic carbocycles. The van der Waals surface area contributed by atoms with Gasteiger partial charge in [-0.05, 0) is 25.7 Å². The first kappa shape index (κ1) is 25.1. The number of pyridine rings is 1. The lowest BCUT2D eigenvalue weighted by Gasteiger charge is -2.18. The molecule has 0 saturated heterocycles. The third kappa shape index (κ3) is 7.11. The van der Waals surface area contributed by atoms with Crippen LogP contribution in [0, 0.1) is 5.82 Å². The van der Waals surface area contributed by atoms with Crippen molar-refractivity contribution in [2.75, 3.05) is 5.32 Å². The molecule has 0 radical (unpaired) electrons. The van der Waals surface area contributed by atoms with E-state index in [-0.39, 0.29) is 11.8 Å². The fourth-order valence-electron chi connectivity index (χ4n) is 2.41. The van der Waals surface area contributed by atoms with Crippen LogP contribution in [-0.4, -0.2) is 25.3 Å². The van der Waals surface area contributed by atoms with Crippen LogP contribution < -0.4 is 16.2 Å². The summed E-state index contributed by atoms with van der Waals surface area (Å²) in [6.07, 6.45) is 2.68. The number of aliphatic hydroxyl groups is 1. The van der Waals surface area contributed by atoms with Crippen molar-refractivity contribution in [3.8, 4) is 0 Å². The Bertz CT molecular complexity index is 879. The lowest BCUT2D eigenvalue weighted by atomic mass is 9.96. The molecule has 1 atom stereocenters. The molecule has 2 heterocycles. The van der Waals surface area contributed by atoms with Gasteiger partial charge in [0.1, 0.15) is 5.82 Å². The fourth-order valence-corrected chi connectivity index (χ4v) is 3.81.